The van der Waals surface area contributed by atoms with Crippen LogP contribution in [0.15, 0.2) is 29.2 Å². The van der Waals surface area contributed by atoms with Crippen LogP contribution >= 0.6 is 0 Å². The average molecular weight is 319 g/mol. The van der Waals surface area contributed by atoms with Crippen molar-refractivity contribution in [3.63, 3.8) is 0 Å². The Morgan fingerprint density at radius 2 is 1.45 bits per heavy atom. The third kappa shape index (κ3) is 2.40. The molecule has 1 aromatic rings. The van der Waals surface area contributed by atoms with Crippen molar-refractivity contribution in [3.05, 3.63) is 29.8 Å². The van der Waals surface area contributed by atoms with E-state index in [0.717, 1.165) is 25.5 Å². The first-order valence-electron chi connectivity index (χ1n) is 8.07. The Labute approximate surface area is 131 Å². The monoisotopic (exact) mass is 319 g/mol. The fourth-order valence-corrected chi connectivity index (χ4v) is 6.74. The molecule has 0 spiro atoms. The Morgan fingerprint density at radius 1 is 0.955 bits per heavy atom. The van der Waals surface area contributed by atoms with E-state index in [2.05, 4.69) is 4.72 Å². The third-order valence-electron chi connectivity index (χ3n) is 5.72. The molecular formula is C17H21NO3S. The molecule has 0 saturated heterocycles. The maximum Gasteiger partial charge on any atom is 0.241 e. The molecule has 0 unspecified atom stereocenters. The van der Waals surface area contributed by atoms with Crippen LogP contribution in [0.5, 0.6) is 0 Å². The van der Waals surface area contributed by atoms with Crippen LogP contribution < -0.4 is 4.72 Å². The number of carbonyl (C=O) groups is 1. The SMILES string of the molecule is O=Cc1ccc(S(=O)(=O)NC23CC4CC(CC(C4)C2)C3)cc1. The molecule has 5 heteroatoms. The Hall–Kier alpha value is -1.20. The van der Waals surface area contributed by atoms with Crippen LogP contribution in [-0.4, -0.2) is 20.2 Å². The zero-order valence-corrected chi connectivity index (χ0v) is 13.3. The normalized spacial score (nSPS) is 36.5. The molecule has 4 aliphatic carbocycles. The predicted molar refractivity (Wildman–Crippen MR) is 83.1 cm³/mol. The van der Waals surface area contributed by atoms with Gasteiger partial charge in [0, 0.05) is 11.1 Å². The molecule has 0 aliphatic heterocycles. The molecule has 0 atom stereocenters. The minimum absolute atomic E-state index is 0.225. The van der Waals surface area contributed by atoms with Gasteiger partial charge in [0.1, 0.15) is 6.29 Å². The molecule has 0 heterocycles. The molecule has 4 aliphatic rings. The highest BCUT2D eigenvalue weighted by Crippen LogP contribution is 2.55. The highest BCUT2D eigenvalue weighted by molar-refractivity contribution is 7.89. The second-order valence-corrected chi connectivity index (χ2v) is 9.17. The van der Waals surface area contributed by atoms with Crippen LogP contribution in [0.1, 0.15) is 48.9 Å². The van der Waals surface area contributed by atoms with E-state index in [0.29, 0.717) is 23.3 Å². The molecular weight excluding hydrogens is 298 g/mol. The predicted octanol–water partition coefficient (Wildman–Crippen LogP) is 2.75. The number of aldehydes is 1. The van der Waals surface area contributed by atoms with E-state index in [9.17, 15) is 13.2 Å². The second-order valence-electron chi connectivity index (χ2n) is 7.49. The van der Waals surface area contributed by atoms with Gasteiger partial charge in [-0.2, -0.15) is 0 Å². The van der Waals surface area contributed by atoms with Crippen molar-refractivity contribution in [2.45, 2.75) is 49.0 Å². The van der Waals surface area contributed by atoms with E-state index < -0.39 is 10.0 Å². The van der Waals surface area contributed by atoms with Crippen molar-refractivity contribution < 1.29 is 13.2 Å². The average Bonchev–Trinajstić information content (AvgIpc) is 2.44. The number of benzene rings is 1. The quantitative estimate of drug-likeness (QED) is 0.868. The molecule has 1 aromatic carbocycles. The summed E-state index contributed by atoms with van der Waals surface area (Å²) in [5.74, 6) is 2.10. The smallest absolute Gasteiger partial charge is 0.241 e. The van der Waals surface area contributed by atoms with Crippen LogP contribution in [0.3, 0.4) is 0 Å². The Kier molecular flexibility index (Phi) is 3.20. The van der Waals surface area contributed by atoms with Gasteiger partial charge in [-0.25, -0.2) is 13.1 Å². The van der Waals surface area contributed by atoms with Crippen molar-refractivity contribution >= 4 is 16.3 Å². The zero-order chi connectivity index (χ0) is 15.4. The van der Waals surface area contributed by atoms with Crippen molar-refractivity contribution in [2.24, 2.45) is 17.8 Å². The van der Waals surface area contributed by atoms with E-state index in [-0.39, 0.29) is 10.4 Å². The maximum absolute atomic E-state index is 12.7. The van der Waals surface area contributed by atoms with E-state index >= 15 is 0 Å². The molecule has 22 heavy (non-hydrogen) atoms. The van der Waals surface area contributed by atoms with Gasteiger partial charge in [0.05, 0.1) is 4.90 Å². The third-order valence-corrected chi connectivity index (χ3v) is 7.31. The Morgan fingerprint density at radius 3 is 1.91 bits per heavy atom. The first-order chi connectivity index (χ1) is 10.5. The zero-order valence-electron chi connectivity index (χ0n) is 12.5. The van der Waals surface area contributed by atoms with Crippen molar-refractivity contribution in [2.75, 3.05) is 0 Å². The fraction of sp³-hybridized carbons (Fsp3) is 0.588. The fourth-order valence-electron chi connectivity index (χ4n) is 5.31. The minimum atomic E-state index is -3.51. The number of carbonyl (C=O) groups excluding carboxylic acids is 1. The lowest BCUT2D eigenvalue weighted by molar-refractivity contribution is -0.00810. The summed E-state index contributed by atoms with van der Waals surface area (Å²) in [6, 6.07) is 6.15. The van der Waals surface area contributed by atoms with Gasteiger partial charge in [-0.3, -0.25) is 4.79 Å². The van der Waals surface area contributed by atoms with Gasteiger partial charge >= 0.3 is 0 Å². The number of hydrogen-bond acceptors (Lipinski definition) is 3. The van der Waals surface area contributed by atoms with Gasteiger partial charge in [-0.05, 0) is 68.4 Å². The number of hydrogen-bond donors (Lipinski definition) is 1. The van der Waals surface area contributed by atoms with Gasteiger partial charge in [-0.15, -0.1) is 0 Å². The summed E-state index contributed by atoms with van der Waals surface area (Å²) in [6.45, 7) is 0. The lowest BCUT2D eigenvalue weighted by Crippen LogP contribution is -2.59. The summed E-state index contributed by atoms with van der Waals surface area (Å²) < 4.78 is 28.5. The largest absolute Gasteiger partial charge is 0.298 e. The summed E-state index contributed by atoms with van der Waals surface area (Å²) in [5, 5.41) is 0. The van der Waals surface area contributed by atoms with Gasteiger partial charge in [0.15, 0.2) is 0 Å². The van der Waals surface area contributed by atoms with Crippen LogP contribution in [0.2, 0.25) is 0 Å². The molecule has 1 N–H and O–H groups in total. The highest BCUT2D eigenvalue weighted by atomic mass is 32.2. The Bertz CT molecular complexity index is 658. The molecule has 0 aromatic heterocycles. The van der Waals surface area contributed by atoms with Gasteiger partial charge in [-0.1, -0.05) is 12.1 Å². The first kappa shape index (κ1) is 14.4. The summed E-state index contributed by atoms with van der Waals surface area (Å²) in [7, 11) is -3.51. The summed E-state index contributed by atoms with van der Waals surface area (Å²) in [4.78, 5) is 11.0. The standard InChI is InChI=1S/C17H21NO3S/c19-11-12-1-3-16(4-2-12)22(20,21)18-17-8-13-5-14(9-17)7-15(6-13)10-17/h1-4,11,13-15,18H,5-10H2. The topological polar surface area (TPSA) is 63.2 Å². The molecule has 0 radical (unpaired) electrons. The van der Waals surface area contributed by atoms with Gasteiger partial charge < -0.3 is 0 Å². The second kappa shape index (κ2) is 4.90. The van der Waals surface area contributed by atoms with Crippen LogP contribution in [0, 0.1) is 17.8 Å². The molecule has 118 valence electrons. The molecule has 4 saturated carbocycles. The minimum Gasteiger partial charge on any atom is -0.298 e. The van der Waals surface area contributed by atoms with Gasteiger partial charge in [0.25, 0.3) is 0 Å². The molecule has 0 amide bonds. The van der Waals surface area contributed by atoms with E-state index in [1.165, 1.54) is 31.4 Å². The number of rotatable bonds is 4. The lowest BCUT2D eigenvalue weighted by Gasteiger charge is -2.56. The maximum atomic E-state index is 12.7. The van der Waals surface area contributed by atoms with E-state index in [1.807, 2.05) is 0 Å². The summed E-state index contributed by atoms with van der Waals surface area (Å²) in [6.07, 6.45) is 7.56. The van der Waals surface area contributed by atoms with Crippen molar-refractivity contribution in [1.82, 2.24) is 4.72 Å². The lowest BCUT2D eigenvalue weighted by atomic mass is 9.53. The molecule has 4 nitrogen and oxygen atoms in total. The summed E-state index contributed by atoms with van der Waals surface area (Å²) in [5.41, 5.74) is 0.269. The molecule has 4 bridgehead atoms. The molecule has 4 fully saturated rings. The van der Waals surface area contributed by atoms with Crippen LogP contribution in [0.25, 0.3) is 0 Å². The van der Waals surface area contributed by atoms with E-state index in [1.54, 1.807) is 12.1 Å². The van der Waals surface area contributed by atoms with E-state index in [4.69, 9.17) is 0 Å². The summed E-state index contributed by atoms with van der Waals surface area (Å²) >= 11 is 0. The van der Waals surface area contributed by atoms with Crippen molar-refractivity contribution in [3.8, 4) is 0 Å². The van der Waals surface area contributed by atoms with Crippen LogP contribution in [-0.2, 0) is 10.0 Å². The highest BCUT2D eigenvalue weighted by Gasteiger charge is 2.52. The van der Waals surface area contributed by atoms with Gasteiger partial charge in [0.2, 0.25) is 10.0 Å². The number of sulfonamides is 1. The molecule has 5 rings (SSSR count). The Balaban J connectivity index is 1.60. The first-order valence-corrected chi connectivity index (χ1v) is 9.56. The number of nitrogens with one attached hydrogen (secondary N) is 1. The van der Waals surface area contributed by atoms with Crippen LogP contribution in [0.4, 0.5) is 0 Å². The van der Waals surface area contributed by atoms with Crippen molar-refractivity contribution in [1.29, 1.82) is 0 Å².